The van der Waals surface area contributed by atoms with Gasteiger partial charge in [-0.05, 0) is 48.9 Å². The number of hydrogen-bond acceptors (Lipinski definition) is 2. The second kappa shape index (κ2) is 5.92. The Hall–Kier alpha value is -1.77. The Labute approximate surface area is 133 Å². The van der Waals surface area contributed by atoms with Crippen LogP contribution in [0.5, 0.6) is 0 Å². The Balaban J connectivity index is 1.78. The van der Waals surface area contributed by atoms with E-state index in [0.29, 0.717) is 10.0 Å². The molecule has 3 rings (SSSR count). The van der Waals surface area contributed by atoms with E-state index >= 15 is 0 Å². The Morgan fingerprint density at radius 2 is 1.81 bits per heavy atom. The standard InChI is InChI=1S/C17H14Cl2N2/c1-11-2-4-13-8-12(3-7-17(13)21-11)10-20-14-5-6-15(18)16(19)9-14/h2-9,20H,10H2,1H3. The molecule has 0 aliphatic carbocycles. The monoisotopic (exact) mass is 316 g/mol. The van der Waals surface area contributed by atoms with E-state index in [1.54, 1.807) is 6.07 Å². The maximum Gasteiger partial charge on any atom is 0.0705 e. The minimum atomic E-state index is 0.555. The highest BCUT2D eigenvalue weighted by molar-refractivity contribution is 6.42. The number of benzene rings is 2. The molecule has 4 heteroatoms. The van der Waals surface area contributed by atoms with Crippen molar-refractivity contribution in [1.82, 2.24) is 4.98 Å². The average Bonchev–Trinajstić information content (AvgIpc) is 2.48. The first-order valence-electron chi connectivity index (χ1n) is 6.67. The van der Waals surface area contributed by atoms with Crippen molar-refractivity contribution < 1.29 is 0 Å². The van der Waals surface area contributed by atoms with E-state index in [0.717, 1.165) is 28.8 Å². The second-order valence-electron chi connectivity index (χ2n) is 4.96. The van der Waals surface area contributed by atoms with Gasteiger partial charge in [-0.3, -0.25) is 4.98 Å². The number of rotatable bonds is 3. The molecule has 0 aliphatic heterocycles. The third-order valence-electron chi connectivity index (χ3n) is 3.31. The van der Waals surface area contributed by atoms with Crippen LogP contribution in [0.2, 0.25) is 10.0 Å². The first-order chi connectivity index (χ1) is 10.1. The van der Waals surface area contributed by atoms with Crippen LogP contribution in [0.3, 0.4) is 0 Å². The van der Waals surface area contributed by atoms with Crippen molar-refractivity contribution in [2.75, 3.05) is 5.32 Å². The summed E-state index contributed by atoms with van der Waals surface area (Å²) in [4.78, 5) is 4.50. The smallest absolute Gasteiger partial charge is 0.0705 e. The van der Waals surface area contributed by atoms with E-state index in [1.165, 1.54) is 5.56 Å². The molecule has 2 aromatic carbocycles. The summed E-state index contributed by atoms with van der Waals surface area (Å²) >= 11 is 11.9. The summed E-state index contributed by atoms with van der Waals surface area (Å²) < 4.78 is 0. The predicted octanol–water partition coefficient (Wildman–Crippen LogP) is 5.46. The molecule has 1 heterocycles. The summed E-state index contributed by atoms with van der Waals surface area (Å²) in [6.07, 6.45) is 0. The largest absolute Gasteiger partial charge is 0.381 e. The average molecular weight is 317 g/mol. The highest BCUT2D eigenvalue weighted by Crippen LogP contribution is 2.25. The normalized spacial score (nSPS) is 10.8. The van der Waals surface area contributed by atoms with Crippen LogP contribution in [0.25, 0.3) is 10.9 Å². The SMILES string of the molecule is Cc1ccc2cc(CNc3ccc(Cl)c(Cl)c3)ccc2n1. The highest BCUT2D eigenvalue weighted by atomic mass is 35.5. The van der Waals surface area contributed by atoms with Crippen LogP contribution in [-0.2, 0) is 6.54 Å². The van der Waals surface area contributed by atoms with Gasteiger partial charge >= 0.3 is 0 Å². The fourth-order valence-electron chi connectivity index (χ4n) is 2.20. The van der Waals surface area contributed by atoms with Crippen molar-refractivity contribution in [2.45, 2.75) is 13.5 Å². The Morgan fingerprint density at radius 1 is 0.952 bits per heavy atom. The minimum absolute atomic E-state index is 0.555. The summed E-state index contributed by atoms with van der Waals surface area (Å²) in [5.41, 5.74) is 4.20. The molecule has 0 saturated heterocycles. The molecule has 0 aliphatic rings. The summed E-state index contributed by atoms with van der Waals surface area (Å²) in [5, 5.41) is 5.61. The number of aryl methyl sites for hydroxylation is 1. The lowest BCUT2D eigenvalue weighted by Crippen LogP contribution is -1.99. The van der Waals surface area contributed by atoms with Crippen LogP contribution in [0.1, 0.15) is 11.3 Å². The van der Waals surface area contributed by atoms with Crippen molar-refractivity contribution in [3.8, 4) is 0 Å². The fourth-order valence-corrected chi connectivity index (χ4v) is 2.50. The zero-order valence-electron chi connectivity index (χ0n) is 11.5. The molecule has 2 nitrogen and oxygen atoms in total. The van der Waals surface area contributed by atoms with Gasteiger partial charge in [0.15, 0.2) is 0 Å². The molecule has 0 radical (unpaired) electrons. The van der Waals surface area contributed by atoms with Gasteiger partial charge in [0, 0.05) is 23.3 Å². The summed E-state index contributed by atoms with van der Waals surface area (Å²) in [6, 6.07) is 15.9. The molecule has 0 bridgehead atoms. The van der Waals surface area contributed by atoms with Crippen molar-refractivity contribution in [1.29, 1.82) is 0 Å². The quantitative estimate of drug-likeness (QED) is 0.693. The highest BCUT2D eigenvalue weighted by Gasteiger charge is 2.01. The van der Waals surface area contributed by atoms with Gasteiger partial charge in [0.1, 0.15) is 0 Å². The van der Waals surface area contributed by atoms with Crippen LogP contribution < -0.4 is 5.32 Å². The molecule has 106 valence electrons. The molecule has 3 aromatic rings. The van der Waals surface area contributed by atoms with Crippen molar-refractivity contribution in [3.05, 3.63) is 69.8 Å². The first kappa shape index (κ1) is 14.2. The lowest BCUT2D eigenvalue weighted by molar-refractivity contribution is 1.15. The molecule has 0 atom stereocenters. The summed E-state index contributed by atoms with van der Waals surface area (Å²) in [5.74, 6) is 0. The van der Waals surface area contributed by atoms with Gasteiger partial charge in [-0.25, -0.2) is 0 Å². The number of halogens is 2. The number of aromatic nitrogens is 1. The minimum Gasteiger partial charge on any atom is -0.381 e. The van der Waals surface area contributed by atoms with E-state index in [-0.39, 0.29) is 0 Å². The fraction of sp³-hybridized carbons (Fsp3) is 0.118. The van der Waals surface area contributed by atoms with Crippen LogP contribution in [0.15, 0.2) is 48.5 Å². The summed E-state index contributed by atoms with van der Waals surface area (Å²) in [7, 11) is 0. The zero-order chi connectivity index (χ0) is 14.8. The van der Waals surface area contributed by atoms with Crippen LogP contribution >= 0.6 is 23.2 Å². The molecule has 0 amide bonds. The number of hydrogen-bond donors (Lipinski definition) is 1. The van der Waals surface area contributed by atoms with E-state index in [2.05, 4.69) is 28.5 Å². The van der Waals surface area contributed by atoms with E-state index < -0.39 is 0 Å². The van der Waals surface area contributed by atoms with Crippen LogP contribution in [-0.4, -0.2) is 4.98 Å². The van der Waals surface area contributed by atoms with Crippen molar-refractivity contribution >= 4 is 39.8 Å². The van der Waals surface area contributed by atoms with Crippen LogP contribution in [0, 0.1) is 6.92 Å². The lowest BCUT2D eigenvalue weighted by atomic mass is 10.1. The Bertz CT molecular complexity index is 800. The Morgan fingerprint density at radius 3 is 2.62 bits per heavy atom. The number of nitrogens with one attached hydrogen (secondary N) is 1. The van der Waals surface area contributed by atoms with Gasteiger partial charge in [-0.15, -0.1) is 0 Å². The third-order valence-corrected chi connectivity index (χ3v) is 4.05. The second-order valence-corrected chi connectivity index (χ2v) is 5.78. The number of fused-ring (bicyclic) bond motifs is 1. The molecular weight excluding hydrogens is 303 g/mol. The number of anilines is 1. The van der Waals surface area contributed by atoms with Gasteiger partial charge in [0.25, 0.3) is 0 Å². The summed E-state index contributed by atoms with van der Waals surface area (Å²) in [6.45, 7) is 2.72. The van der Waals surface area contributed by atoms with Gasteiger partial charge in [0.05, 0.1) is 15.6 Å². The molecule has 21 heavy (non-hydrogen) atoms. The van der Waals surface area contributed by atoms with E-state index in [9.17, 15) is 0 Å². The topological polar surface area (TPSA) is 24.9 Å². The first-order valence-corrected chi connectivity index (χ1v) is 7.42. The molecule has 0 fully saturated rings. The van der Waals surface area contributed by atoms with Gasteiger partial charge < -0.3 is 5.32 Å². The van der Waals surface area contributed by atoms with Crippen molar-refractivity contribution in [3.63, 3.8) is 0 Å². The van der Waals surface area contributed by atoms with E-state index in [1.807, 2.05) is 31.2 Å². The lowest BCUT2D eigenvalue weighted by Gasteiger charge is -2.08. The molecule has 1 N–H and O–H groups in total. The van der Waals surface area contributed by atoms with Gasteiger partial charge in [-0.2, -0.15) is 0 Å². The zero-order valence-corrected chi connectivity index (χ0v) is 13.0. The van der Waals surface area contributed by atoms with Gasteiger partial charge in [-0.1, -0.05) is 35.3 Å². The maximum atomic E-state index is 6.01. The number of pyridine rings is 1. The maximum absolute atomic E-state index is 6.01. The molecule has 1 aromatic heterocycles. The van der Waals surface area contributed by atoms with Gasteiger partial charge in [0.2, 0.25) is 0 Å². The van der Waals surface area contributed by atoms with Crippen molar-refractivity contribution in [2.24, 2.45) is 0 Å². The Kier molecular flexibility index (Phi) is 4.00. The third kappa shape index (κ3) is 3.29. The van der Waals surface area contributed by atoms with E-state index in [4.69, 9.17) is 23.2 Å². The predicted molar refractivity (Wildman–Crippen MR) is 90.3 cm³/mol. The molecule has 0 saturated carbocycles. The number of nitrogens with zero attached hydrogens (tertiary/aromatic N) is 1. The van der Waals surface area contributed by atoms with Crippen LogP contribution in [0.4, 0.5) is 5.69 Å². The molecule has 0 spiro atoms. The molecule has 0 unspecified atom stereocenters. The molecular formula is C17H14Cl2N2.